The average molecular weight is 425 g/mol. The molecule has 0 saturated carbocycles. The van der Waals surface area contributed by atoms with Crippen LogP contribution in [-0.2, 0) is 0 Å². The molecule has 4 nitrogen and oxygen atoms in total. The number of carboxylic acids is 1. The standard InChI is InChI=1S/C24H19ClFNO3/c1-12(2)14-8-6-9-15-13(3)27-21(16-7-4-5-10-19(16)26)18(25)11-17(24(29)30)22(27)23(28)20(14)15/h4-13H,1-3H3/p+1. The molecule has 4 rings (SSSR count). The monoisotopic (exact) mass is 424 g/mol. The molecule has 6 heteroatoms. The second-order valence-corrected chi connectivity index (χ2v) is 8.14. The SMILES string of the molecule is CC(C)c1cccc2c1C(=O)c1c(C(=O)O)cc(Cl)c(-c3ccccc3F)[n+]1C2C. The van der Waals surface area contributed by atoms with Crippen LogP contribution in [0.15, 0.2) is 48.5 Å². The third-order valence-corrected chi connectivity index (χ3v) is 5.91. The highest BCUT2D eigenvalue weighted by Gasteiger charge is 2.44. The molecule has 0 spiro atoms. The second-order valence-electron chi connectivity index (χ2n) is 7.73. The van der Waals surface area contributed by atoms with Crippen LogP contribution in [0.1, 0.15) is 70.3 Å². The molecule has 1 aliphatic rings. The molecule has 1 unspecified atom stereocenters. The van der Waals surface area contributed by atoms with Gasteiger partial charge in [0.25, 0.3) is 11.5 Å². The summed E-state index contributed by atoms with van der Waals surface area (Å²) in [6.07, 6.45) is 0. The molecule has 0 bridgehead atoms. The lowest BCUT2D eigenvalue weighted by Crippen LogP contribution is -2.52. The number of hydrogen-bond acceptors (Lipinski definition) is 2. The second kappa shape index (κ2) is 7.33. The fourth-order valence-corrected chi connectivity index (χ4v) is 4.55. The van der Waals surface area contributed by atoms with E-state index in [0.29, 0.717) is 5.56 Å². The first-order valence-corrected chi connectivity index (χ1v) is 10.1. The fraction of sp³-hybridized carbons (Fsp3) is 0.208. The van der Waals surface area contributed by atoms with Gasteiger partial charge in [0.1, 0.15) is 16.4 Å². The third kappa shape index (κ3) is 2.92. The van der Waals surface area contributed by atoms with Gasteiger partial charge in [-0.3, -0.25) is 4.79 Å². The largest absolute Gasteiger partial charge is 0.477 e. The Hall–Kier alpha value is -3.05. The van der Waals surface area contributed by atoms with Crippen molar-refractivity contribution in [2.75, 3.05) is 0 Å². The van der Waals surface area contributed by atoms with Crippen LogP contribution < -0.4 is 4.57 Å². The molecular formula is C24H20ClFNO3+. The Morgan fingerprint density at radius 1 is 1.13 bits per heavy atom. The minimum atomic E-state index is -1.26. The molecule has 0 amide bonds. The quantitative estimate of drug-likeness (QED) is 0.572. The van der Waals surface area contributed by atoms with Crippen molar-refractivity contribution >= 4 is 23.4 Å². The summed E-state index contributed by atoms with van der Waals surface area (Å²) in [6.45, 7) is 5.84. The smallest absolute Gasteiger partial charge is 0.342 e. The first kappa shape index (κ1) is 20.2. The maximum Gasteiger partial charge on any atom is 0.342 e. The molecule has 2 heterocycles. The molecule has 0 aliphatic carbocycles. The molecule has 0 fully saturated rings. The van der Waals surface area contributed by atoms with Crippen LogP contribution in [0.2, 0.25) is 5.02 Å². The van der Waals surface area contributed by atoms with Gasteiger partial charge < -0.3 is 5.11 Å². The van der Waals surface area contributed by atoms with Crippen LogP contribution in [0, 0.1) is 5.82 Å². The number of hydrogen-bond donors (Lipinski definition) is 1. The molecule has 1 atom stereocenters. The summed E-state index contributed by atoms with van der Waals surface area (Å²) < 4.78 is 16.3. The van der Waals surface area contributed by atoms with Gasteiger partial charge in [-0.2, -0.15) is 4.57 Å². The van der Waals surface area contributed by atoms with E-state index in [4.69, 9.17) is 11.6 Å². The summed E-state index contributed by atoms with van der Waals surface area (Å²) in [5.41, 5.74) is 2.46. The van der Waals surface area contributed by atoms with Crippen LogP contribution in [-0.4, -0.2) is 16.9 Å². The normalized spacial score (nSPS) is 15.1. The van der Waals surface area contributed by atoms with Crippen LogP contribution >= 0.6 is 11.6 Å². The number of aromatic nitrogens is 1. The minimum Gasteiger partial charge on any atom is -0.477 e. The van der Waals surface area contributed by atoms with E-state index in [1.165, 1.54) is 12.1 Å². The third-order valence-electron chi connectivity index (χ3n) is 5.62. The topological polar surface area (TPSA) is 58.3 Å². The highest BCUT2D eigenvalue weighted by Crippen LogP contribution is 2.37. The predicted molar refractivity (Wildman–Crippen MR) is 112 cm³/mol. The number of nitrogens with zero attached hydrogens (tertiary/aromatic N) is 1. The molecule has 3 aromatic rings. The molecule has 0 saturated heterocycles. The number of carboxylic acid groups (broad SMARTS) is 1. The number of carbonyl (C=O) groups excluding carboxylic acids is 1. The van der Waals surface area contributed by atoms with Crippen LogP contribution in [0.4, 0.5) is 4.39 Å². The lowest BCUT2D eigenvalue weighted by atomic mass is 9.83. The van der Waals surface area contributed by atoms with Gasteiger partial charge in [0.05, 0.1) is 5.56 Å². The summed E-state index contributed by atoms with van der Waals surface area (Å²) in [4.78, 5) is 25.7. The van der Waals surface area contributed by atoms with Gasteiger partial charge >= 0.3 is 5.97 Å². The Balaban J connectivity index is 2.14. The number of benzene rings is 2. The summed E-state index contributed by atoms with van der Waals surface area (Å²) in [7, 11) is 0. The van der Waals surface area contributed by atoms with Crippen molar-refractivity contribution in [1.82, 2.24) is 0 Å². The number of rotatable bonds is 3. The molecule has 1 aliphatic heterocycles. The van der Waals surface area contributed by atoms with E-state index in [2.05, 4.69) is 0 Å². The molecule has 30 heavy (non-hydrogen) atoms. The van der Waals surface area contributed by atoms with E-state index in [-0.39, 0.29) is 39.2 Å². The van der Waals surface area contributed by atoms with E-state index < -0.39 is 17.8 Å². The Morgan fingerprint density at radius 2 is 1.83 bits per heavy atom. The van der Waals surface area contributed by atoms with Gasteiger partial charge in [-0.15, -0.1) is 0 Å². The molecule has 0 radical (unpaired) electrons. The van der Waals surface area contributed by atoms with Gasteiger partial charge in [-0.25, -0.2) is 9.18 Å². The Kier molecular flexibility index (Phi) is 4.94. The van der Waals surface area contributed by atoms with Gasteiger partial charge in [0.15, 0.2) is 6.04 Å². The molecule has 2 aromatic carbocycles. The maximum atomic E-state index is 14.7. The van der Waals surface area contributed by atoms with E-state index in [1.54, 1.807) is 22.8 Å². The van der Waals surface area contributed by atoms with Crippen molar-refractivity contribution in [3.63, 3.8) is 0 Å². The Morgan fingerprint density at radius 3 is 2.47 bits per heavy atom. The molecular weight excluding hydrogens is 405 g/mol. The molecule has 1 N–H and O–H groups in total. The van der Waals surface area contributed by atoms with E-state index >= 15 is 0 Å². The first-order valence-electron chi connectivity index (χ1n) is 9.67. The predicted octanol–water partition coefficient (Wildman–Crippen LogP) is 5.41. The van der Waals surface area contributed by atoms with E-state index in [0.717, 1.165) is 11.1 Å². The lowest BCUT2D eigenvalue weighted by Gasteiger charge is -2.26. The number of fused-ring (bicyclic) bond motifs is 2. The van der Waals surface area contributed by atoms with Crippen LogP contribution in [0.5, 0.6) is 0 Å². The Labute approximate surface area is 178 Å². The summed E-state index contributed by atoms with van der Waals surface area (Å²) in [5, 5.41) is 9.89. The van der Waals surface area contributed by atoms with Crippen molar-refractivity contribution in [2.45, 2.75) is 32.7 Å². The highest BCUT2D eigenvalue weighted by molar-refractivity contribution is 6.33. The van der Waals surface area contributed by atoms with Gasteiger partial charge in [-0.05, 0) is 29.7 Å². The number of halogens is 2. The van der Waals surface area contributed by atoms with E-state index in [1.807, 2.05) is 39.0 Å². The van der Waals surface area contributed by atoms with Crippen molar-refractivity contribution < 1.29 is 23.7 Å². The number of carbonyl (C=O) groups is 2. The summed E-state index contributed by atoms with van der Waals surface area (Å²) in [5.74, 6) is -2.07. The van der Waals surface area contributed by atoms with Crippen molar-refractivity contribution in [2.24, 2.45) is 0 Å². The van der Waals surface area contributed by atoms with Gasteiger partial charge in [0.2, 0.25) is 5.69 Å². The lowest BCUT2D eigenvalue weighted by molar-refractivity contribution is -0.703. The maximum absolute atomic E-state index is 14.7. The first-order chi connectivity index (χ1) is 14.2. The van der Waals surface area contributed by atoms with Crippen LogP contribution in [0.3, 0.4) is 0 Å². The van der Waals surface area contributed by atoms with Crippen molar-refractivity contribution in [3.05, 3.63) is 87.3 Å². The average Bonchev–Trinajstić information content (AvgIpc) is 2.71. The zero-order valence-corrected chi connectivity index (χ0v) is 17.5. The summed E-state index contributed by atoms with van der Waals surface area (Å²) in [6, 6.07) is 12.6. The zero-order chi connectivity index (χ0) is 21.7. The highest BCUT2D eigenvalue weighted by atomic mass is 35.5. The molecule has 152 valence electrons. The summed E-state index contributed by atoms with van der Waals surface area (Å²) >= 11 is 6.48. The number of aromatic carboxylic acids is 1. The number of pyridine rings is 1. The van der Waals surface area contributed by atoms with Crippen molar-refractivity contribution in [3.8, 4) is 11.3 Å². The fourth-order valence-electron chi connectivity index (χ4n) is 4.25. The van der Waals surface area contributed by atoms with E-state index in [9.17, 15) is 19.1 Å². The van der Waals surface area contributed by atoms with Gasteiger partial charge in [0, 0.05) is 18.1 Å². The van der Waals surface area contributed by atoms with Gasteiger partial charge in [-0.1, -0.05) is 55.8 Å². The van der Waals surface area contributed by atoms with Crippen molar-refractivity contribution in [1.29, 1.82) is 0 Å². The van der Waals surface area contributed by atoms with Crippen LogP contribution in [0.25, 0.3) is 11.3 Å². The number of ketones is 1. The Bertz CT molecular complexity index is 1220. The minimum absolute atomic E-state index is 0.0123. The zero-order valence-electron chi connectivity index (χ0n) is 16.7. The molecule has 1 aromatic heterocycles.